The first kappa shape index (κ1) is 24.0. The van der Waals surface area contributed by atoms with Gasteiger partial charge in [0.2, 0.25) is 17.7 Å². The summed E-state index contributed by atoms with van der Waals surface area (Å²) in [5.74, 6) is 1.21. The topological polar surface area (TPSA) is 87.2 Å². The SMILES string of the molecule is CCN1CCN(CCNC(=O)CCC(=O)N2Cc3cccc(OC)c3Oc3ncccc32)CC1. The maximum Gasteiger partial charge on any atom is 0.243 e. The van der Waals surface area contributed by atoms with Gasteiger partial charge in [0.15, 0.2) is 11.5 Å². The highest BCUT2D eigenvalue weighted by atomic mass is 16.5. The minimum absolute atomic E-state index is 0.106. The Bertz CT molecular complexity index is 1010. The van der Waals surface area contributed by atoms with Gasteiger partial charge in [0.05, 0.1) is 13.7 Å². The number of carbonyl (C=O) groups excluding carboxylic acids is 2. The molecule has 0 radical (unpaired) electrons. The molecule has 1 fully saturated rings. The van der Waals surface area contributed by atoms with Crippen LogP contribution in [0.15, 0.2) is 36.5 Å². The molecular formula is C25H33N5O4. The average Bonchev–Trinajstić information content (AvgIpc) is 3.04. The Hall–Kier alpha value is -3.17. The first-order chi connectivity index (χ1) is 16.6. The van der Waals surface area contributed by atoms with Crippen molar-refractivity contribution in [1.29, 1.82) is 0 Å². The number of hydrogen-bond acceptors (Lipinski definition) is 7. The lowest BCUT2D eigenvalue weighted by atomic mass is 10.1. The number of hydrogen-bond donors (Lipinski definition) is 1. The van der Waals surface area contributed by atoms with E-state index >= 15 is 0 Å². The summed E-state index contributed by atoms with van der Waals surface area (Å²) in [5.41, 5.74) is 1.40. The number of methoxy groups -OCH3 is 1. The number of nitrogens with zero attached hydrogens (tertiary/aromatic N) is 4. The molecule has 1 N–H and O–H groups in total. The lowest BCUT2D eigenvalue weighted by Gasteiger charge is -2.33. The van der Waals surface area contributed by atoms with Gasteiger partial charge in [-0.05, 0) is 24.7 Å². The number of likely N-dealkylation sites (N-methyl/N-ethyl adjacent to an activating group) is 1. The average molecular weight is 468 g/mol. The first-order valence-corrected chi connectivity index (χ1v) is 11.9. The van der Waals surface area contributed by atoms with E-state index in [-0.39, 0.29) is 24.7 Å². The van der Waals surface area contributed by atoms with Crippen LogP contribution in [0.5, 0.6) is 17.4 Å². The Labute approximate surface area is 200 Å². The molecule has 0 atom stereocenters. The molecule has 9 nitrogen and oxygen atoms in total. The number of anilines is 1. The number of ether oxygens (including phenoxy) is 2. The highest BCUT2D eigenvalue weighted by Gasteiger charge is 2.28. The van der Waals surface area contributed by atoms with Crippen LogP contribution >= 0.6 is 0 Å². The minimum Gasteiger partial charge on any atom is -0.493 e. The molecule has 0 saturated carbocycles. The summed E-state index contributed by atoms with van der Waals surface area (Å²) < 4.78 is 11.5. The summed E-state index contributed by atoms with van der Waals surface area (Å²) in [5, 5.41) is 2.96. The van der Waals surface area contributed by atoms with Crippen LogP contribution in [0.4, 0.5) is 5.69 Å². The van der Waals surface area contributed by atoms with Crippen molar-refractivity contribution in [2.75, 3.05) is 57.8 Å². The van der Waals surface area contributed by atoms with Gasteiger partial charge in [-0.2, -0.15) is 0 Å². The van der Waals surface area contributed by atoms with Crippen molar-refractivity contribution < 1.29 is 19.1 Å². The predicted molar refractivity (Wildman–Crippen MR) is 129 cm³/mol. The molecular weight excluding hydrogens is 434 g/mol. The lowest BCUT2D eigenvalue weighted by molar-refractivity contribution is -0.125. The standard InChI is InChI=1S/C25H33N5O4/c1-3-28-14-16-29(17-15-28)13-12-26-22(31)9-10-23(32)30-18-19-6-4-8-21(33-2)24(19)34-25-20(30)7-5-11-27-25/h4-8,11H,3,9-10,12-18H2,1-2H3,(H,26,31). The van der Waals surface area contributed by atoms with Crippen LogP contribution in [-0.2, 0) is 16.1 Å². The van der Waals surface area contributed by atoms with Crippen molar-refractivity contribution in [3.63, 3.8) is 0 Å². The van der Waals surface area contributed by atoms with E-state index in [0.29, 0.717) is 36.2 Å². The van der Waals surface area contributed by atoms with Gasteiger partial charge in [0.1, 0.15) is 5.69 Å². The van der Waals surface area contributed by atoms with Crippen molar-refractivity contribution in [3.8, 4) is 17.4 Å². The van der Waals surface area contributed by atoms with E-state index in [1.165, 1.54) is 0 Å². The number of aromatic nitrogens is 1. The fourth-order valence-electron chi connectivity index (χ4n) is 4.33. The summed E-state index contributed by atoms with van der Waals surface area (Å²) in [7, 11) is 1.58. The summed E-state index contributed by atoms with van der Waals surface area (Å²) in [6.45, 7) is 9.21. The molecule has 1 aromatic heterocycles. The number of benzene rings is 1. The molecule has 4 rings (SSSR count). The molecule has 2 amide bonds. The molecule has 2 aliphatic heterocycles. The zero-order valence-electron chi connectivity index (χ0n) is 20.0. The summed E-state index contributed by atoms with van der Waals surface area (Å²) >= 11 is 0. The number of amides is 2. The molecule has 9 heteroatoms. The number of nitrogens with one attached hydrogen (secondary N) is 1. The molecule has 0 unspecified atom stereocenters. The van der Waals surface area contributed by atoms with Crippen molar-refractivity contribution in [3.05, 3.63) is 42.1 Å². The van der Waals surface area contributed by atoms with E-state index in [9.17, 15) is 9.59 Å². The van der Waals surface area contributed by atoms with Gasteiger partial charge in [0.25, 0.3) is 0 Å². The molecule has 0 spiro atoms. The van der Waals surface area contributed by atoms with Crippen molar-refractivity contribution in [2.45, 2.75) is 26.3 Å². The quantitative estimate of drug-likeness (QED) is 0.637. The number of para-hydroxylation sites is 1. The second-order valence-corrected chi connectivity index (χ2v) is 8.48. The van der Waals surface area contributed by atoms with Crippen molar-refractivity contribution in [1.82, 2.24) is 20.1 Å². The van der Waals surface area contributed by atoms with Gasteiger partial charge in [-0.3, -0.25) is 14.5 Å². The van der Waals surface area contributed by atoms with E-state index in [4.69, 9.17) is 9.47 Å². The van der Waals surface area contributed by atoms with Gasteiger partial charge < -0.3 is 24.6 Å². The first-order valence-electron chi connectivity index (χ1n) is 11.9. The third-order valence-electron chi connectivity index (χ3n) is 6.38. The van der Waals surface area contributed by atoms with Crippen LogP contribution in [-0.4, -0.2) is 79.5 Å². The van der Waals surface area contributed by atoms with Crippen LogP contribution in [0, 0.1) is 0 Å². The third-order valence-corrected chi connectivity index (χ3v) is 6.38. The normalized spacial score (nSPS) is 16.1. The van der Waals surface area contributed by atoms with Crippen LogP contribution in [0.2, 0.25) is 0 Å². The minimum atomic E-state index is -0.153. The third kappa shape index (κ3) is 5.66. The number of fused-ring (bicyclic) bond motifs is 2. The Morgan fingerprint density at radius 3 is 2.65 bits per heavy atom. The van der Waals surface area contributed by atoms with Crippen LogP contribution in [0.1, 0.15) is 25.3 Å². The Morgan fingerprint density at radius 2 is 1.88 bits per heavy atom. The maximum atomic E-state index is 13.2. The number of carbonyl (C=O) groups is 2. The van der Waals surface area contributed by atoms with Gasteiger partial charge in [0, 0.05) is 63.9 Å². The van der Waals surface area contributed by atoms with E-state index < -0.39 is 0 Å². The smallest absolute Gasteiger partial charge is 0.243 e. The Balaban J connectivity index is 1.33. The van der Waals surface area contributed by atoms with Crippen molar-refractivity contribution >= 4 is 17.5 Å². The second-order valence-electron chi connectivity index (χ2n) is 8.48. The van der Waals surface area contributed by atoms with Crippen LogP contribution in [0.25, 0.3) is 0 Å². The monoisotopic (exact) mass is 467 g/mol. The molecule has 2 aromatic rings. The zero-order chi connectivity index (χ0) is 23.9. The predicted octanol–water partition coefficient (Wildman–Crippen LogP) is 2.26. The van der Waals surface area contributed by atoms with Gasteiger partial charge in [-0.15, -0.1) is 0 Å². The Kier molecular flexibility index (Phi) is 7.97. The molecule has 182 valence electrons. The number of rotatable bonds is 8. The van der Waals surface area contributed by atoms with Gasteiger partial charge >= 0.3 is 0 Å². The zero-order valence-corrected chi connectivity index (χ0v) is 20.0. The van der Waals surface area contributed by atoms with Crippen LogP contribution < -0.4 is 19.7 Å². The Morgan fingerprint density at radius 1 is 1.09 bits per heavy atom. The van der Waals surface area contributed by atoms with E-state index in [1.54, 1.807) is 30.3 Å². The van der Waals surface area contributed by atoms with Crippen LogP contribution in [0.3, 0.4) is 0 Å². The second kappa shape index (κ2) is 11.3. The molecule has 34 heavy (non-hydrogen) atoms. The molecule has 2 aliphatic rings. The fraction of sp³-hybridized carbons (Fsp3) is 0.480. The maximum absolute atomic E-state index is 13.2. The van der Waals surface area contributed by atoms with Gasteiger partial charge in [-0.1, -0.05) is 19.1 Å². The highest BCUT2D eigenvalue weighted by Crippen LogP contribution is 2.42. The molecule has 0 bridgehead atoms. The highest BCUT2D eigenvalue weighted by molar-refractivity contribution is 5.96. The van der Waals surface area contributed by atoms with E-state index in [0.717, 1.165) is 44.8 Å². The lowest BCUT2D eigenvalue weighted by Crippen LogP contribution is -2.48. The molecule has 1 saturated heterocycles. The number of pyridine rings is 1. The fourth-order valence-corrected chi connectivity index (χ4v) is 4.33. The van der Waals surface area contributed by atoms with Crippen molar-refractivity contribution in [2.24, 2.45) is 0 Å². The number of piperazine rings is 1. The van der Waals surface area contributed by atoms with E-state index in [2.05, 4.69) is 27.0 Å². The van der Waals surface area contributed by atoms with E-state index in [1.807, 2.05) is 18.2 Å². The molecule has 3 heterocycles. The molecule has 1 aromatic carbocycles. The summed E-state index contributed by atoms with van der Waals surface area (Å²) in [6, 6.07) is 9.15. The summed E-state index contributed by atoms with van der Waals surface area (Å²) in [4.78, 5) is 36.3. The largest absolute Gasteiger partial charge is 0.493 e. The summed E-state index contributed by atoms with van der Waals surface area (Å²) in [6.07, 6.45) is 1.87. The molecule has 0 aliphatic carbocycles. The van der Waals surface area contributed by atoms with Gasteiger partial charge in [-0.25, -0.2) is 4.98 Å².